The summed E-state index contributed by atoms with van der Waals surface area (Å²) in [6, 6.07) is 0. The molecule has 0 aromatic carbocycles. The van der Waals surface area contributed by atoms with Crippen LogP contribution in [0.25, 0.3) is 0 Å². The van der Waals surface area contributed by atoms with Crippen molar-refractivity contribution in [3.05, 3.63) is 30.7 Å². The van der Waals surface area contributed by atoms with Gasteiger partial charge in [0.2, 0.25) is 0 Å². The van der Waals surface area contributed by atoms with E-state index in [2.05, 4.69) is 12.2 Å². The van der Waals surface area contributed by atoms with Crippen LogP contribution >= 0.6 is 37.7 Å². The Morgan fingerprint density at radius 1 is 1.23 bits per heavy atom. The Morgan fingerprint density at radius 2 is 1.62 bits per heavy atom. The van der Waals surface area contributed by atoms with Crippen LogP contribution in [0.15, 0.2) is 18.2 Å². The maximum atomic E-state index is 5.03. The Kier molecular flexibility index (Phi) is 14.7. The van der Waals surface area contributed by atoms with E-state index >= 15 is 0 Å². The summed E-state index contributed by atoms with van der Waals surface area (Å²) in [5, 5.41) is 0. The van der Waals surface area contributed by atoms with Gasteiger partial charge in [-0.1, -0.05) is 0 Å². The Bertz CT molecular complexity index is 133. The molecular weight excluding hydrogens is 422 g/mol. The first kappa shape index (κ1) is 16.7. The fourth-order valence-electron chi connectivity index (χ4n) is 0.340. The predicted octanol–water partition coefficient (Wildman–Crippen LogP) is 5.29. The zero-order valence-electron chi connectivity index (χ0n) is 7.44. The van der Waals surface area contributed by atoms with Gasteiger partial charge < -0.3 is 6.42 Å². The second-order valence-corrected chi connectivity index (χ2v) is 27.4. The van der Waals surface area contributed by atoms with Crippen LogP contribution in [0.2, 0.25) is 0 Å². The van der Waals surface area contributed by atoms with Crippen LogP contribution in [0, 0.1) is 12.5 Å². The van der Waals surface area contributed by atoms with Gasteiger partial charge in [0.1, 0.15) is 0 Å². The molecule has 1 aliphatic carbocycles. The van der Waals surface area contributed by atoms with Gasteiger partial charge >= 0.3 is 49.6 Å². The summed E-state index contributed by atoms with van der Waals surface area (Å²) in [5.41, 5.74) is 0. The number of hydrogen-bond donors (Lipinski definition) is 0. The van der Waals surface area contributed by atoms with Crippen LogP contribution in [-0.4, -0.2) is 0 Å². The molecular formula is C8H12Cl4W-2. The topological polar surface area (TPSA) is 0 Å². The molecule has 0 radical (unpaired) electrons. The zero-order valence-corrected chi connectivity index (χ0v) is 13.4. The quantitative estimate of drug-likeness (QED) is 0.455. The summed E-state index contributed by atoms with van der Waals surface area (Å²) in [6.45, 7) is 4.00. The van der Waals surface area contributed by atoms with Crippen molar-refractivity contribution in [2.75, 3.05) is 0 Å². The number of hydrogen-bond acceptors (Lipinski definition) is 0. The summed E-state index contributed by atoms with van der Waals surface area (Å²) in [6.07, 6.45) is 12.0. The van der Waals surface area contributed by atoms with Gasteiger partial charge in [0, 0.05) is 0 Å². The molecule has 0 atom stereocenters. The first-order chi connectivity index (χ1) is 5.91. The summed E-state index contributed by atoms with van der Waals surface area (Å²) in [7, 11) is 20.1. The first-order valence-corrected chi connectivity index (χ1v) is 18.0. The van der Waals surface area contributed by atoms with Crippen molar-refractivity contribution >= 4 is 37.7 Å². The SMILES string of the molecule is C[CH-]C.[C-]1=CC=CC1.[Cl][W]([Cl])([Cl])[Cl]. The molecule has 0 spiro atoms. The summed E-state index contributed by atoms with van der Waals surface area (Å²) < 4.78 is 0. The molecule has 0 aliphatic heterocycles. The third kappa shape index (κ3) is 42.7. The van der Waals surface area contributed by atoms with E-state index in [0.717, 1.165) is 6.42 Å². The van der Waals surface area contributed by atoms with Crippen LogP contribution in [0.1, 0.15) is 20.3 Å². The molecule has 0 unspecified atom stereocenters. The summed E-state index contributed by atoms with van der Waals surface area (Å²) >= 11 is -3.28. The molecule has 0 fully saturated rings. The van der Waals surface area contributed by atoms with E-state index in [-0.39, 0.29) is 0 Å². The van der Waals surface area contributed by atoms with Crippen molar-refractivity contribution in [2.24, 2.45) is 0 Å². The van der Waals surface area contributed by atoms with Gasteiger partial charge in [0.25, 0.3) is 0 Å². The van der Waals surface area contributed by atoms with Crippen LogP contribution in [-0.2, 0) is 11.9 Å². The molecule has 0 amide bonds. The van der Waals surface area contributed by atoms with E-state index in [4.69, 9.17) is 37.7 Å². The Balaban J connectivity index is 0. The molecule has 0 saturated carbocycles. The summed E-state index contributed by atoms with van der Waals surface area (Å²) in [5.74, 6) is 0. The molecule has 5 heteroatoms. The van der Waals surface area contributed by atoms with Gasteiger partial charge in [-0.2, -0.15) is 19.9 Å². The van der Waals surface area contributed by atoms with Crippen molar-refractivity contribution in [1.29, 1.82) is 0 Å². The Morgan fingerprint density at radius 3 is 1.69 bits per heavy atom. The number of rotatable bonds is 0. The molecule has 0 aromatic heterocycles. The average molecular weight is 434 g/mol. The van der Waals surface area contributed by atoms with Gasteiger partial charge in [-0.25, -0.2) is 12.2 Å². The Labute approximate surface area is 99.8 Å². The number of halogens is 4. The fraction of sp³-hybridized carbons (Fsp3) is 0.375. The fourth-order valence-corrected chi connectivity index (χ4v) is 0.340. The molecule has 80 valence electrons. The zero-order chi connectivity index (χ0) is 10.7. The van der Waals surface area contributed by atoms with E-state index in [0.29, 0.717) is 0 Å². The minimum absolute atomic E-state index is 1.01. The average Bonchev–Trinajstić information content (AvgIpc) is 2.36. The molecule has 0 saturated heterocycles. The van der Waals surface area contributed by atoms with E-state index in [1.807, 2.05) is 32.4 Å². The third-order valence-corrected chi connectivity index (χ3v) is 0.586. The van der Waals surface area contributed by atoms with E-state index in [1.165, 1.54) is 0 Å². The monoisotopic (exact) mass is 432 g/mol. The molecule has 0 N–H and O–H groups in total. The predicted molar refractivity (Wildman–Crippen MR) is 60.6 cm³/mol. The number of allylic oxidation sites excluding steroid dienone is 4. The minimum atomic E-state index is -3.28. The van der Waals surface area contributed by atoms with Gasteiger partial charge in [-0.3, -0.25) is 6.08 Å². The van der Waals surface area contributed by atoms with Crippen molar-refractivity contribution in [3.63, 3.8) is 0 Å². The molecule has 0 bridgehead atoms. The second-order valence-electron chi connectivity index (χ2n) is 1.93. The van der Waals surface area contributed by atoms with Crippen molar-refractivity contribution in [3.8, 4) is 0 Å². The molecule has 13 heavy (non-hydrogen) atoms. The standard InChI is InChI=1S/C5H5.C3H7.4ClH.W/c1-2-4-5-3-1;1-3-2;;;;;/h1-3H,4H2;3H,1-2H3;4*1H;/q2*-1;;;;;+4/p-4. The van der Waals surface area contributed by atoms with Gasteiger partial charge in [0.05, 0.1) is 0 Å². The van der Waals surface area contributed by atoms with Crippen molar-refractivity contribution in [1.82, 2.24) is 0 Å². The van der Waals surface area contributed by atoms with Gasteiger partial charge in [-0.15, -0.1) is 6.42 Å². The molecule has 0 heterocycles. The van der Waals surface area contributed by atoms with E-state index < -0.39 is 11.9 Å². The van der Waals surface area contributed by atoms with Crippen molar-refractivity contribution < 1.29 is 11.9 Å². The normalized spacial score (nSPS) is 14.0. The molecule has 1 aliphatic rings. The maximum absolute atomic E-state index is 5.03. The molecule has 1 rings (SSSR count). The van der Waals surface area contributed by atoms with Crippen LogP contribution in [0.3, 0.4) is 0 Å². The first-order valence-electron chi connectivity index (χ1n) is 3.49. The molecule has 0 nitrogen and oxygen atoms in total. The van der Waals surface area contributed by atoms with E-state index in [9.17, 15) is 0 Å². The Hall–Kier alpha value is 1.33. The van der Waals surface area contributed by atoms with Crippen LogP contribution in [0.5, 0.6) is 0 Å². The third-order valence-electron chi connectivity index (χ3n) is 0.586. The van der Waals surface area contributed by atoms with E-state index in [1.54, 1.807) is 0 Å². The van der Waals surface area contributed by atoms with Crippen LogP contribution < -0.4 is 0 Å². The summed E-state index contributed by atoms with van der Waals surface area (Å²) in [4.78, 5) is 0. The second kappa shape index (κ2) is 11.4. The van der Waals surface area contributed by atoms with Crippen LogP contribution in [0.4, 0.5) is 0 Å². The van der Waals surface area contributed by atoms with Gasteiger partial charge in [-0.05, 0) is 0 Å². The van der Waals surface area contributed by atoms with Crippen molar-refractivity contribution in [2.45, 2.75) is 20.3 Å². The van der Waals surface area contributed by atoms with Gasteiger partial charge in [0.15, 0.2) is 0 Å². The molecule has 0 aromatic rings.